The van der Waals surface area contributed by atoms with Crippen LogP contribution < -0.4 is 0 Å². The largest absolute Gasteiger partial charge is 0.480 e. The van der Waals surface area contributed by atoms with Crippen molar-refractivity contribution in [3.63, 3.8) is 0 Å². The Bertz CT molecular complexity index is 767. The van der Waals surface area contributed by atoms with Gasteiger partial charge in [-0.1, -0.05) is 18.2 Å². The van der Waals surface area contributed by atoms with Gasteiger partial charge in [-0.15, -0.1) is 0 Å². The van der Waals surface area contributed by atoms with Gasteiger partial charge in [0.25, 0.3) is 0 Å². The van der Waals surface area contributed by atoms with Crippen molar-refractivity contribution >= 4 is 23.0 Å². The highest BCUT2D eigenvalue weighted by Gasteiger charge is 2.33. The van der Waals surface area contributed by atoms with Crippen LogP contribution in [0.25, 0.3) is 10.9 Å². The topological polar surface area (TPSA) is 85.9 Å². The molecule has 26 heavy (non-hydrogen) atoms. The number of aromatic amines is 1. The first-order valence-corrected chi connectivity index (χ1v) is 8.77. The molecule has 7 heteroatoms. The molecule has 0 aliphatic carbocycles. The van der Waals surface area contributed by atoms with E-state index >= 15 is 0 Å². The van der Waals surface area contributed by atoms with Crippen molar-refractivity contribution in [2.75, 3.05) is 26.2 Å². The summed E-state index contributed by atoms with van der Waals surface area (Å²) in [5.74, 6) is -0.901. The summed E-state index contributed by atoms with van der Waals surface area (Å²) in [4.78, 5) is 30.8. The third-order valence-corrected chi connectivity index (χ3v) is 4.41. The van der Waals surface area contributed by atoms with E-state index in [1.54, 1.807) is 4.90 Å². The Labute approximate surface area is 152 Å². The van der Waals surface area contributed by atoms with E-state index in [4.69, 9.17) is 4.74 Å². The monoisotopic (exact) mass is 359 g/mol. The lowest BCUT2D eigenvalue weighted by atomic mass is 10.1. The minimum Gasteiger partial charge on any atom is -0.480 e. The van der Waals surface area contributed by atoms with E-state index in [9.17, 15) is 14.7 Å². The minimum absolute atomic E-state index is 0.352. The van der Waals surface area contributed by atoms with E-state index in [0.29, 0.717) is 31.9 Å². The Kier molecular flexibility index (Phi) is 4.91. The molecule has 2 heterocycles. The summed E-state index contributed by atoms with van der Waals surface area (Å²) in [6.07, 6.45) is -0.352. The van der Waals surface area contributed by atoms with E-state index in [-0.39, 0.29) is 6.09 Å². The molecule has 1 fully saturated rings. The number of nitrogens with one attached hydrogen (secondary N) is 1. The Hall–Kier alpha value is -2.54. The van der Waals surface area contributed by atoms with E-state index in [1.807, 2.05) is 56.0 Å². The number of para-hydroxylation sites is 1. The van der Waals surface area contributed by atoms with Crippen LogP contribution in [0.1, 0.15) is 32.5 Å². The average molecular weight is 359 g/mol. The van der Waals surface area contributed by atoms with Crippen molar-refractivity contribution in [2.45, 2.75) is 32.4 Å². The van der Waals surface area contributed by atoms with Crippen LogP contribution in [0.15, 0.2) is 30.3 Å². The lowest BCUT2D eigenvalue weighted by Crippen LogP contribution is -2.52. The van der Waals surface area contributed by atoms with Crippen LogP contribution in [-0.4, -0.2) is 63.7 Å². The first-order valence-electron chi connectivity index (χ1n) is 8.77. The summed E-state index contributed by atoms with van der Waals surface area (Å²) in [6.45, 7) is 7.33. The number of amides is 1. The number of hydrogen-bond acceptors (Lipinski definition) is 4. The highest BCUT2D eigenvalue weighted by molar-refractivity contribution is 5.83. The second-order valence-corrected chi connectivity index (χ2v) is 7.56. The SMILES string of the molecule is CC(C)(C)OC(=O)N1CCN([C@@H](C(=O)O)c2cc3ccccc3[nH]2)CC1. The number of ether oxygens (including phenoxy) is 1. The van der Waals surface area contributed by atoms with Gasteiger partial charge in [0.2, 0.25) is 0 Å². The van der Waals surface area contributed by atoms with Gasteiger partial charge >= 0.3 is 12.1 Å². The summed E-state index contributed by atoms with van der Waals surface area (Å²) in [5, 5.41) is 10.8. The molecule has 0 unspecified atom stereocenters. The fourth-order valence-corrected chi connectivity index (χ4v) is 3.22. The second kappa shape index (κ2) is 6.99. The number of nitrogens with zero attached hydrogens (tertiary/aromatic N) is 2. The molecule has 0 radical (unpaired) electrons. The molecule has 1 aromatic carbocycles. The summed E-state index contributed by atoms with van der Waals surface area (Å²) >= 11 is 0. The van der Waals surface area contributed by atoms with Crippen molar-refractivity contribution in [1.82, 2.24) is 14.8 Å². The smallest absolute Gasteiger partial charge is 0.410 e. The van der Waals surface area contributed by atoms with Crippen LogP contribution in [0.5, 0.6) is 0 Å². The van der Waals surface area contributed by atoms with Gasteiger partial charge < -0.3 is 19.7 Å². The highest BCUT2D eigenvalue weighted by Crippen LogP contribution is 2.26. The van der Waals surface area contributed by atoms with Gasteiger partial charge in [0.1, 0.15) is 11.6 Å². The summed E-state index contributed by atoms with van der Waals surface area (Å²) in [7, 11) is 0. The maximum atomic E-state index is 12.2. The van der Waals surface area contributed by atoms with Crippen LogP contribution >= 0.6 is 0 Å². The standard InChI is InChI=1S/C19H25N3O4/c1-19(2,3)26-18(25)22-10-8-21(9-11-22)16(17(23)24)15-12-13-6-4-5-7-14(13)20-15/h4-7,12,16,20H,8-11H2,1-3H3,(H,23,24)/t16-/m1/s1. The van der Waals surface area contributed by atoms with Gasteiger partial charge in [0, 0.05) is 37.4 Å². The molecule has 7 nitrogen and oxygen atoms in total. The molecule has 2 N–H and O–H groups in total. The zero-order chi connectivity index (χ0) is 18.9. The number of carboxylic acid groups (broad SMARTS) is 1. The number of piperazine rings is 1. The van der Waals surface area contributed by atoms with Crippen LogP contribution in [0.2, 0.25) is 0 Å². The summed E-state index contributed by atoms with van der Waals surface area (Å²) < 4.78 is 5.39. The lowest BCUT2D eigenvalue weighted by Gasteiger charge is -2.37. The van der Waals surface area contributed by atoms with Gasteiger partial charge in [-0.3, -0.25) is 9.69 Å². The number of carbonyl (C=O) groups is 2. The van der Waals surface area contributed by atoms with Crippen molar-refractivity contribution in [1.29, 1.82) is 0 Å². The van der Waals surface area contributed by atoms with Gasteiger partial charge in [0.15, 0.2) is 0 Å². The van der Waals surface area contributed by atoms with Gasteiger partial charge in [-0.25, -0.2) is 4.79 Å². The van der Waals surface area contributed by atoms with Crippen LogP contribution in [0.4, 0.5) is 4.79 Å². The Morgan fingerprint density at radius 3 is 2.38 bits per heavy atom. The third-order valence-electron chi connectivity index (χ3n) is 4.41. The summed E-state index contributed by atoms with van der Waals surface area (Å²) in [5.41, 5.74) is 1.04. The zero-order valence-corrected chi connectivity index (χ0v) is 15.4. The number of hydrogen-bond donors (Lipinski definition) is 2. The number of H-pyrrole nitrogens is 1. The fourth-order valence-electron chi connectivity index (χ4n) is 3.22. The predicted octanol–water partition coefficient (Wildman–Crippen LogP) is 2.85. The Balaban J connectivity index is 1.71. The third kappa shape index (κ3) is 3.99. The van der Waals surface area contributed by atoms with Crippen LogP contribution in [0, 0.1) is 0 Å². The number of benzene rings is 1. The molecular formula is C19H25N3O4. The maximum Gasteiger partial charge on any atom is 0.410 e. The molecule has 1 atom stereocenters. The minimum atomic E-state index is -0.901. The number of rotatable bonds is 3. The molecule has 1 saturated heterocycles. The molecule has 0 spiro atoms. The quantitative estimate of drug-likeness (QED) is 0.880. The predicted molar refractivity (Wildman–Crippen MR) is 98.1 cm³/mol. The second-order valence-electron chi connectivity index (χ2n) is 7.56. The van der Waals surface area contributed by atoms with Crippen molar-refractivity contribution in [3.8, 4) is 0 Å². The van der Waals surface area contributed by atoms with E-state index in [0.717, 1.165) is 10.9 Å². The van der Waals surface area contributed by atoms with Crippen molar-refractivity contribution in [2.24, 2.45) is 0 Å². The van der Waals surface area contributed by atoms with E-state index in [1.165, 1.54) is 0 Å². The molecule has 140 valence electrons. The normalized spacial score (nSPS) is 17.3. The number of aliphatic carboxylic acids is 1. The number of carboxylic acids is 1. The van der Waals surface area contributed by atoms with Gasteiger partial charge in [-0.2, -0.15) is 0 Å². The Morgan fingerprint density at radius 1 is 1.15 bits per heavy atom. The van der Waals surface area contributed by atoms with Gasteiger partial charge in [-0.05, 0) is 38.3 Å². The van der Waals surface area contributed by atoms with Crippen molar-refractivity contribution in [3.05, 3.63) is 36.0 Å². The molecule has 2 aromatic rings. The van der Waals surface area contributed by atoms with Gasteiger partial charge in [0.05, 0.1) is 0 Å². The maximum absolute atomic E-state index is 12.2. The molecular weight excluding hydrogens is 334 g/mol. The van der Waals surface area contributed by atoms with E-state index in [2.05, 4.69) is 4.98 Å². The zero-order valence-electron chi connectivity index (χ0n) is 15.4. The number of carbonyl (C=O) groups excluding carboxylic acids is 1. The first-order chi connectivity index (χ1) is 12.2. The molecule has 3 rings (SSSR count). The van der Waals surface area contributed by atoms with Crippen LogP contribution in [-0.2, 0) is 9.53 Å². The average Bonchev–Trinajstić information content (AvgIpc) is 2.97. The van der Waals surface area contributed by atoms with Crippen LogP contribution in [0.3, 0.4) is 0 Å². The molecule has 0 bridgehead atoms. The molecule has 1 aliphatic heterocycles. The molecule has 1 amide bonds. The first kappa shape index (κ1) is 18.3. The lowest BCUT2D eigenvalue weighted by molar-refractivity contribution is -0.144. The fraction of sp³-hybridized carbons (Fsp3) is 0.474. The van der Waals surface area contributed by atoms with E-state index < -0.39 is 17.6 Å². The Morgan fingerprint density at radius 2 is 1.81 bits per heavy atom. The molecule has 1 aromatic heterocycles. The molecule has 0 saturated carbocycles. The number of aromatic nitrogens is 1. The molecule has 1 aliphatic rings. The summed E-state index contributed by atoms with van der Waals surface area (Å²) in [6, 6.07) is 8.84. The number of fused-ring (bicyclic) bond motifs is 1. The van der Waals surface area contributed by atoms with Crippen molar-refractivity contribution < 1.29 is 19.4 Å². The highest BCUT2D eigenvalue weighted by atomic mass is 16.6.